The maximum Gasteiger partial charge on any atom is 0.259 e. The van der Waals surface area contributed by atoms with Crippen molar-refractivity contribution in [1.29, 1.82) is 5.26 Å². The van der Waals surface area contributed by atoms with Crippen LogP contribution in [0.15, 0.2) is 72.8 Å². The van der Waals surface area contributed by atoms with E-state index in [0.29, 0.717) is 34.5 Å². The first-order valence-corrected chi connectivity index (χ1v) is 18.0. The van der Waals surface area contributed by atoms with E-state index < -0.39 is 23.6 Å². The summed E-state index contributed by atoms with van der Waals surface area (Å²) in [7, 11) is 0. The van der Waals surface area contributed by atoms with Gasteiger partial charge in [-0.05, 0) is 87.2 Å². The molecular weight excluding hydrogens is 684 g/mol. The van der Waals surface area contributed by atoms with Gasteiger partial charge in [0, 0.05) is 64.5 Å². The van der Waals surface area contributed by atoms with Crippen LogP contribution in [0.2, 0.25) is 0 Å². The molecule has 1 aliphatic carbocycles. The molecule has 278 valence electrons. The lowest BCUT2D eigenvalue weighted by molar-refractivity contribution is -0.123. The van der Waals surface area contributed by atoms with Crippen molar-refractivity contribution in [3.8, 4) is 17.6 Å². The quantitative estimate of drug-likeness (QED) is 0.0858. The number of hydrogen-bond acceptors (Lipinski definition) is 8. The standard InChI is InChI=1S/C43H44N4O7/c1-25-9-19-35(26(2)39(25)50)47-43(54)34-18-20-36(27(3)40(34)51)46-41(52)31-14-16-33(17-15-31)45-42(53)32(21-22-44)24-38(49)30-12-10-28(11-13-30)23-37(48)29-7-5-4-6-8-29/h9-20,29,32,50-51H,4-8,21,23-24H2,1-3H3,(H,45,53)(H,46,52)(H,47,54). The van der Waals surface area contributed by atoms with Crippen LogP contribution < -0.4 is 16.0 Å². The number of aryl methyl sites for hydroxylation is 1. The first-order valence-electron chi connectivity index (χ1n) is 18.0. The maximum absolute atomic E-state index is 13.2. The van der Waals surface area contributed by atoms with Crippen LogP contribution in [0.3, 0.4) is 0 Å². The zero-order valence-corrected chi connectivity index (χ0v) is 30.6. The molecule has 11 heteroatoms. The van der Waals surface area contributed by atoms with Gasteiger partial charge in [-0.15, -0.1) is 0 Å². The second-order valence-corrected chi connectivity index (χ2v) is 13.9. The number of aromatic hydroxyl groups is 2. The van der Waals surface area contributed by atoms with Crippen molar-refractivity contribution in [2.24, 2.45) is 11.8 Å². The van der Waals surface area contributed by atoms with Gasteiger partial charge in [0.25, 0.3) is 11.8 Å². The molecule has 0 heterocycles. The highest BCUT2D eigenvalue weighted by atomic mass is 16.3. The number of nitriles is 1. The minimum atomic E-state index is -0.910. The summed E-state index contributed by atoms with van der Waals surface area (Å²) in [5.74, 6) is -2.72. The first-order chi connectivity index (χ1) is 25.9. The van der Waals surface area contributed by atoms with E-state index >= 15 is 0 Å². The van der Waals surface area contributed by atoms with Crippen LogP contribution in [0.1, 0.15) is 98.3 Å². The summed E-state index contributed by atoms with van der Waals surface area (Å²) in [4.78, 5) is 65.0. The molecule has 4 aromatic carbocycles. The molecule has 11 nitrogen and oxygen atoms in total. The van der Waals surface area contributed by atoms with Crippen molar-refractivity contribution >= 4 is 46.4 Å². The van der Waals surface area contributed by atoms with Crippen LogP contribution in [0, 0.1) is 43.9 Å². The van der Waals surface area contributed by atoms with Crippen LogP contribution in [0.5, 0.6) is 11.5 Å². The van der Waals surface area contributed by atoms with Crippen LogP contribution in [0.4, 0.5) is 17.1 Å². The van der Waals surface area contributed by atoms with Gasteiger partial charge in [-0.25, -0.2) is 0 Å². The summed E-state index contributed by atoms with van der Waals surface area (Å²) in [6, 6.07) is 21.1. The monoisotopic (exact) mass is 728 g/mol. The number of carbonyl (C=O) groups is 5. The molecule has 1 unspecified atom stereocenters. The van der Waals surface area contributed by atoms with Crippen LogP contribution >= 0.6 is 0 Å². The highest BCUT2D eigenvalue weighted by molar-refractivity contribution is 6.09. The Morgan fingerprint density at radius 1 is 0.722 bits per heavy atom. The Labute approximate surface area is 314 Å². The van der Waals surface area contributed by atoms with Crippen molar-refractivity contribution in [2.45, 2.75) is 72.1 Å². The fraction of sp³-hybridized carbons (Fsp3) is 0.302. The molecule has 0 aliphatic heterocycles. The van der Waals surface area contributed by atoms with Gasteiger partial charge < -0.3 is 26.2 Å². The summed E-state index contributed by atoms with van der Waals surface area (Å²) in [6.45, 7) is 4.97. The van der Waals surface area contributed by atoms with Gasteiger partial charge in [0.1, 0.15) is 17.3 Å². The predicted molar refractivity (Wildman–Crippen MR) is 206 cm³/mol. The number of anilines is 3. The molecule has 1 fully saturated rings. The van der Waals surface area contributed by atoms with E-state index in [1.165, 1.54) is 42.8 Å². The zero-order chi connectivity index (χ0) is 38.9. The summed E-state index contributed by atoms with van der Waals surface area (Å²) in [5.41, 5.74) is 3.92. The third-order valence-electron chi connectivity index (χ3n) is 10.1. The predicted octanol–water partition coefficient (Wildman–Crippen LogP) is 7.96. The number of hydrogen-bond donors (Lipinski definition) is 5. The number of amides is 3. The van der Waals surface area contributed by atoms with E-state index in [4.69, 9.17) is 0 Å². The molecule has 0 saturated heterocycles. The van der Waals surface area contributed by atoms with Crippen molar-refractivity contribution in [2.75, 3.05) is 16.0 Å². The van der Waals surface area contributed by atoms with E-state index in [9.17, 15) is 39.4 Å². The van der Waals surface area contributed by atoms with Crippen LogP contribution in [-0.4, -0.2) is 39.5 Å². The molecule has 4 aromatic rings. The van der Waals surface area contributed by atoms with E-state index in [1.54, 1.807) is 57.2 Å². The number of nitrogens with zero attached hydrogens (tertiary/aromatic N) is 1. The van der Waals surface area contributed by atoms with E-state index in [1.807, 2.05) is 6.07 Å². The maximum atomic E-state index is 13.2. The Morgan fingerprint density at radius 2 is 1.31 bits per heavy atom. The highest BCUT2D eigenvalue weighted by Crippen LogP contribution is 2.32. The molecule has 1 saturated carbocycles. The lowest BCUT2D eigenvalue weighted by Crippen LogP contribution is -2.25. The largest absolute Gasteiger partial charge is 0.507 e. The number of benzene rings is 4. The number of phenols is 2. The molecule has 0 bridgehead atoms. The summed E-state index contributed by atoms with van der Waals surface area (Å²) in [5, 5.41) is 38.6. The molecule has 54 heavy (non-hydrogen) atoms. The molecule has 3 amide bonds. The van der Waals surface area contributed by atoms with Gasteiger partial charge in [0.05, 0.1) is 17.6 Å². The van der Waals surface area contributed by atoms with Crippen LogP contribution in [0.25, 0.3) is 0 Å². The number of nitrogens with one attached hydrogen (secondary N) is 3. The molecule has 0 radical (unpaired) electrons. The summed E-state index contributed by atoms with van der Waals surface area (Å²) in [6.07, 6.45) is 5.20. The fourth-order valence-electron chi connectivity index (χ4n) is 6.61. The van der Waals surface area contributed by atoms with E-state index in [2.05, 4.69) is 16.0 Å². The van der Waals surface area contributed by atoms with Crippen LogP contribution in [-0.2, 0) is 16.0 Å². The Balaban J connectivity index is 1.16. The lowest BCUT2D eigenvalue weighted by Gasteiger charge is -2.20. The SMILES string of the molecule is Cc1ccc(NC(=O)c2ccc(NC(=O)c3ccc(NC(=O)C(CC#N)CC(=O)c4ccc(CC(=O)C5CCCCC5)cc4)cc3)c(C)c2O)c(C)c1O. The van der Waals surface area contributed by atoms with E-state index in [-0.39, 0.29) is 64.2 Å². The third-order valence-corrected chi connectivity index (χ3v) is 10.1. The minimum Gasteiger partial charge on any atom is -0.507 e. The number of phenolic OH excluding ortho intramolecular Hbond substituents is 2. The second kappa shape index (κ2) is 17.5. The Kier molecular flexibility index (Phi) is 12.6. The molecule has 5 rings (SSSR count). The Morgan fingerprint density at radius 3 is 1.96 bits per heavy atom. The third kappa shape index (κ3) is 9.38. The number of Topliss-reactive ketones (excluding diaryl/α,β-unsaturated/α-hetero) is 2. The van der Waals surface area contributed by atoms with Gasteiger partial charge in [-0.3, -0.25) is 24.0 Å². The average molecular weight is 729 g/mol. The number of rotatable bonds is 13. The van der Waals surface area contributed by atoms with Crippen molar-refractivity contribution in [3.63, 3.8) is 0 Å². The van der Waals surface area contributed by atoms with Gasteiger partial charge in [0.15, 0.2) is 5.78 Å². The van der Waals surface area contributed by atoms with Gasteiger partial charge in [-0.2, -0.15) is 5.26 Å². The van der Waals surface area contributed by atoms with Crippen molar-refractivity contribution in [3.05, 3.63) is 112 Å². The molecule has 0 spiro atoms. The minimum absolute atomic E-state index is 0.0166. The van der Waals surface area contributed by atoms with Gasteiger partial charge in [0.2, 0.25) is 5.91 Å². The molecule has 1 atom stereocenters. The topological polar surface area (TPSA) is 186 Å². The molecular formula is C43H44N4O7. The summed E-state index contributed by atoms with van der Waals surface area (Å²) < 4.78 is 0. The average Bonchev–Trinajstić information content (AvgIpc) is 3.17. The smallest absolute Gasteiger partial charge is 0.259 e. The zero-order valence-electron chi connectivity index (χ0n) is 30.6. The fourth-order valence-corrected chi connectivity index (χ4v) is 6.61. The van der Waals surface area contributed by atoms with Crippen molar-refractivity contribution < 1.29 is 34.2 Å². The molecule has 5 N–H and O–H groups in total. The summed E-state index contributed by atoms with van der Waals surface area (Å²) >= 11 is 0. The van der Waals surface area contributed by atoms with Gasteiger partial charge in [-0.1, -0.05) is 49.6 Å². The molecule has 0 aromatic heterocycles. The number of ketones is 2. The molecule has 1 aliphatic rings. The van der Waals surface area contributed by atoms with E-state index in [0.717, 1.165) is 31.2 Å². The first kappa shape index (κ1) is 38.9. The highest BCUT2D eigenvalue weighted by Gasteiger charge is 2.25. The van der Waals surface area contributed by atoms with Gasteiger partial charge >= 0.3 is 0 Å². The second-order valence-electron chi connectivity index (χ2n) is 13.9. The normalized spacial score (nSPS) is 13.3. The Bertz CT molecular complexity index is 2110. The number of carbonyl (C=O) groups excluding carboxylic acids is 5. The lowest BCUT2D eigenvalue weighted by atomic mass is 9.84. The Hall–Kier alpha value is -6.28. The van der Waals surface area contributed by atoms with Crippen molar-refractivity contribution in [1.82, 2.24) is 0 Å².